The van der Waals surface area contributed by atoms with E-state index in [4.69, 9.17) is 9.15 Å². The Labute approximate surface area is 84.7 Å². The maximum Gasteiger partial charge on any atom is 0.0935 e. The number of furan rings is 1. The van der Waals surface area contributed by atoms with Crippen molar-refractivity contribution in [3.8, 4) is 0 Å². The quantitative estimate of drug-likeness (QED) is 0.758. The average molecular weight is 198 g/mol. The van der Waals surface area contributed by atoms with Gasteiger partial charge in [0.25, 0.3) is 0 Å². The molecule has 0 aliphatic heterocycles. The summed E-state index contributed by atoms with van der Waals surface area (Å²) in [6, 6.07) is 1.88. The Morgan fingerprint density at radius 3 is 2.93 bits per heavy atom. The van der Waals surface area contributed by atoms with E-state index in [9.17, 15) is 5.11 Å². The van der Waals surface area contributed by atoms with Gasteiger partial charge in [-0.25, -0.2) is 0 Å². The Morgan fingerprint density at radius 2 is 2.36 bits per heavy atom. The molecule has 2 atom stereocenters. The Bertz CT molecular complexity index is 231. The van der Waals surface area contributed by atoms with Gasteiger partial charge in [-0.1, -0.05) is 6.92 Å². The summed E-state index contributed by atoms with van der Waals surface area (Å²) >= 11 is 0. The second kappa shape index (κ2) is 5.83. The molecule has 0 aromatic carbocycles. The molecule has 0 saturated carbocycles. The third-order valence-corrected chi connectivity index (χ3v) is 2.18. The first-order chi connectivity index (χ1) is 6.72. The zero-order chi connectivity index (χ0) is 10.4. The fourth-order valence-corrected chi connectivity index (χ4v) is 1.58. The molecule has 0 saturated heterocycles. The van der Waals surface area contributed by atoms with E-state index < -0.39 is 0 Å². The Kier molecular flexibility index (Phi) is 4.70. The molecular formula is C11H18O3. The van der Waals surface area contributed by atoms with Crippen molar-refractivity contribution in [2.24, 2.45) is 5.92 Å². The Hall–Kier alpha value is -0.800. The molecule has 1 heterocycles. The number of methoxy groups -OCH3 is 1. The first-order valence-corrected chi connectivity index (χ1v) is 4.90. The molecule has 1 N–H and O–H groups in total. The fourth-order valence-electron chi connectivity index (χ4n) is 1.58. The average Bonchev–Trinajstić information content (AvgIpc) is 2.56. The number of aliphatic hydroxyl groups is 1. The highest BCUT2D eigenvalue weighted by molar-refractivity contribution is 5.06. The van der Waals surface area contributed by atoms with E-state index in [2.05, 4.69) is 6.92 Å². The Balaban J connectivity index is 2.25. The summed E-state index contributed by atoms with van der Waals surface area (Å²) in [5, 5.41) is 9.72. The molecule has 0 spiro atoms. The zero-order valence-corrected chi connectivity index (χ0v) is 8.77. The summed E-state index contributed by atoms with van der Waals surface area (Å²) in [6.45, 7) is 2.77. The van der Waals surface area contributed by atoms with Crippen molar-refractivity contribution >= 4 is 0 Å². The van der Waals surface area contributed by atoms with Gasteiger partial charge in [0.2, 0.25) is 0 Å². The van der Waals surface area contributed by atoms with E-state index in [-0.39, 0.29) is 6.10 Å². The minimum absolute atomic E-state index is 0.308. The van der Waals surface area contributed by atoms with Gasteiger partial charge in [-0.05, 0) is 24.0 Å². The van der Waals surface area contributed by atoms with Crippen molar-refractivity contribution in [1.29, 1.82) is 0 Å². The summed E-state index contributed by atoms with van der Waals surface area (Å²) < 4.78 is 9.94. The summed E-state index contributed by atoms with van der Waals surface area (Å²) in [7, 11) is 1.68. The van der Waals surface area contributed by atoms with Gasteiger partial charge < -0.3 is 14.3 Å². The van der Waals surface area contributed by atoms with E-state index in [0.29, 0.717) is 18.9 Å². The third-order valence-electron chi connectivity index (χ3n) is 2.18. The molecule has 0 fully saturated rings. The molecule has 80 valence electrons. The predicted molar refractivity (Wildman–Crippen MR) is 54.1 cm³/mol. The molecular weight excluding hydrogens is 180 g/mol. The molecule has 2 unspecified atom stereocenters. The molecule has 1 rings (SSSR count). The van der Waals surface area contributed by atoms with Crippen LogP contribution in [0.5, 0.6) is 0 Å². The van der Waals surface area contributed by atoms with E-state index in [0.717, 1.165) is 12.0 Å². The van der Waals surface area contributed by atoms with Crippen LogP contribution < -0.4 is 0 Å². The smallest absolute Gasteiger partial charge is 0.0935 e. The second-order valence-corrected chi connectivity index (χ2v) is 3.79. The molecule has 0 amide bonds. The van der Waals surface area contributed by atoms with Gasteiger partial charge in [0.15, 0.2) is 0 Å². The van der Waals surface area contributed by atoms with Gasteiger partial charge in [0.05, 0.1) is 18.6 Å². The summed E-state index contributed by atoms with van der Waals surface area (Å²) in [5.74, 6) is 0.391. The zero-order valence-electron chi connectivity index (χ0n) is 8.77. The first kappa shape index (κ1) is 11.3. The van der Waals surface area contributed by atoms with Gasteiger partial charge in [-0.2, -0.15) is 0 Å². The van der Waals surface area contributed by atoms with E-state index in [1.54, 1.807) is 19.6 Å². The van der Waals surface area contributed by atoms with E-state index >= 15 is 0 Å². The van der Waals surface area contributed by atoms with Crippen molar-refractivity contribution in [1.82, 2.24) is 0 Å². The monoisotopic (exact) mass is 198 g/mol. The number of rotatable bonds is 6. The van der Waals surface area contributed by atoms with Crippen LogP contribution in [0, 0.1) is 5.92 Å². The SMILES string of the molecule is COCC(C)CC(O)Cc1ccoc1. The number of ether oxygens (including phenoxy) is 1. The van der Waals surface area contributed by atoms with Crippen LogP contribution in [0.1, 0.15) is 18.9 Å². The minimum atomic E-state index is -0.308. The van der Waals surface area contributed by atoms with Crippen LogP contribution in [-0.2, 0) is 11.2 Å². The Morgan fingerprint density at radius 1 is 1.57 bits per heavy atom. The maximum absolute atomic E-state index is 9.72. The largest absolute Gasteiger partial charge is 0.472 e. The highest BCUT2D eigenvalue weighted by Crippen LogP contribution is 2.11. The lowest BCUT2D eigenvalue weighted by Gasteiger charge is -2.14. The molecule has 0 radical (unpaired) electrons. The van der Waals surface area contributed by atoms with Gasteiger partial charge in [0, 0.05) is 20.1 Å². The maximum atomic E-state index is 9.72. The molecule has 14 heavy (non-hydrogen) atoms. The molecule has 0 aliphatic rings. The standard InChI is InChI=1S/C11H18O3/c1-9(7-13-2)5-11(12)6-10-3-4-14-8-10/h3-4,8-9,11-12H,5-7H2,1-2H3. The molecule has 1 aromatic rings. The van der Waals surface area contributed by atoms with Gasteiger partial charge >= 0.3 is 0 Å². The summed E-state index contributed by atoms with van der Waals surface area (Å²) in [5.41, 5.74) is 1.04. The van der Waals surface area contributed by atoms with Crippen LogP contribution in [0.2, 0.25) is 0 Å². The molecule has 1 aromatic heterocycles. The third kappa shape index (κ3) is 3.94. The molecule has 3 heteroatoms. The first-order valence-electron chi connectivity index (χ1n) is 4.90. The van der Waals surface area contributed by atoms with Crippen molar-refractivity contribution in [3.63, 3.8) is 0 Å². The predicted octanol–water partition coefficient (Wildman–Crippen LogP) is 1.86. The fraction of sp³-hybridized carbons (Fsp3) is 0.636. The summed E-state index contributed by atoms with van der Waals surface area (Å²) in [6.07, 6.45) is 4.41. The van der Waals surface area contributed by atoms with Crippen molar-refractivity contribution < 1.29 is 14.3 Å². The van der Waals surface area contributed by atoms with Gasteiger partial charge in [-0.15, -0.1) is 0 Å². The lowest BCUT2D eigenvalue weighted by atomic mass is 10.0. The van der Waals surface area contributed by atoms with E-state index in [1.165, 1.54) is 0 Å². The van der Waals surface area contributed by atoms with Crippen LogP contribution >= 0.6 is 0 Å². The second-order valence-electron chi connectivity index (χ2n) is 3.79. The number of hydrogen-bond acceptors (Lipinski definition) is 3. The lowest BCUT2D eigenvalue weighted by molar-refractivity contribution is 0.101. The minimum Gasteiger partial charge on any atom is -0.472 e. The molecule has 0 aliphatic carbocycles. The number of hydrogen-bond donors (Lipinski definition) is 1. The van der Waals surface area contributed by atoms with Crippen LogP contribution in [-0.4, -0.2) is 24.9 Å². The highest BCUT2D eigenvalue weighted by Gasteiger charge is 2.11. The van der Waals surface area contributed by atoms with E-state index in [1.807, 2.05) is 6.07 Å². The van der Waals surface area contributed by atoms with Crippen LogP contribution in [0.3, 0.4) is 0 Å². The summed E-state index contributed by atoms with van der Waals surface area (Å²) in [4.78, 5) is 0. The van der Waals surface area contributed by atoms with Crippen molar-refractivity contribution in [2.45, 2.75) is 25.9 Å². The lowest BCUT2D eigenvalue weighted by Crippen LogP contribution is -2.17. The van der Waals surface area contributed by atoms with Crippen molar-refractivity contribution in [2.75, 3.05) is 13.7 Å². The van der Waals surface area contributed by atoms with Crippen molar-refractivity contribution in [3.05, 3.63) is 24.2 Å². The molecule has 3 nitrogen and oxygen atoms in total. The normalized spacial score (nSPS) is 15.4. The van der Waals surface area contributed by atoms with Gasteiger partial charge in [-0.3, -0.25) is 0 Å². The number of aliphatic hydroxyl groups excluding tert-OH is 1. The highest BCUT2D eigenvalue weighted by atomic mass is 16.5. The van der Waals surface area contributed by atoms with Crippen LogP contribution in [0.15, 0.2) is 23.0 Å². The topological polar surface area (TPSA) is 42.6 Å². The van der Waals surface area contributed by atoms with Crippen LogP contribution in [0.25, 0.3) is 0 Å². The van der Waals surface area contributed by atoms with Crippen LogP contribution in [0.4, 0.5) is 0 Å². The molecule has 0 bridgehead atoms. The van der Waals surface area contributed by atoms with Gasteiger partial charge in [0.1, 0.15) is 0 Å².